The molecule has 0 saturated carbocycles. The summed E-state index contributed by atoms with van der Waals surface area (Å²) in [4.78, 5) is 13.8. The fourth-order valence-electron chi connectivity index (χ4n) is 2.32. The Morgan fingerprint density at radius 2 is 2.30 bits per heavy atom. The van der Waals surface area contributed by atoms with Crippen LogP contribution in [0.2, 0.25) is 0 Å². The van der Waals surface area contributed by atoms with Crippen LogP contribution < -0.4 is 10.5 Å². The van der Waals surface area contributed by atoms with Crippen LogP contribution in [0.5, 0.6) is 0 Å². The van der Waals surface area contributed by atoms with Gasteiger partial charge in [0.2, 0.25) is 5.91 Å². The van der Waals surface area contributed by atoms with Gasteiger partial charge >= 0.3 is 0 Å². The van der Waals surface area contributed by atoms with E-state index in [0.29, 0.717) is 13.1 Å². The lowest BCUT2D eigenvalue weighted by molar-refractivity contribution is -0.133. The second-order valence-corrected chi connectivity index (χ2v) is 7.67. The van der Waals surface area contributed by atoms with Gasteiger partial charge in [0.15, 0.2) is 0 Å². The Morgan fingerprint density at radius 1 is 1.50 bits per heavy atom. The summed E-state index contributed by atoms with van der Waals surface area (Å²) in [5.41, 5.74) is 5.66. The van der Waals surface area contributed by atoms with E-state index in [1.54, 1.807) is 16.3 Å². The number of nitrogens with two attached hydrogens (primary N) is 1. The lowest BCUT2D eigenvalue weighted by Crippen LogP contribution is -2.50. The zero-order valence-electron chi connectivity index (χ0n) is 11.1. The SMILES string of the molecule is NCC1CCCCN1C(=O)CNS(=O)(=O)c1cccs1. The number of amides is 1. The van der Waals surface area contributed by atoms with Crippen LogP contribution in [0.25, 0.3) is 0 Å². The number of carbonyl (C=O) groups is 1. The number of thiophene rings is 1. The lowest BCUT2D eigenvalue weighted by Gasteiger charge is -2.35. The van der Waals surface area contributed by atoms with Crippen molar-refractivity contribution >= 4 is 27.3 Å². The highest BCUT2D eigenvalue weighted by molar-refractivity contribution is 7.91. The van der Waals surface area contributed by atoms with Crippen LogP contribution in [0.4, 0.5) is 0 Å². The summed E-state index contributed by atoms with van der Waals surface area (Å²) in [5.74, 6) is -0.208. The van der Waals surface area contributed by atoms with E-state index in [9.17, 15) is 13.2 Å². The van der Waals surface area contributed by atoms with Gasteiger partial charge in [-0.2, -0.15) is 0 Å². The van der Waals surface area contributed by atoms with Crippen molar-refractivity contribution in [1.29, 1.82) is 0 Å². The van der Waals surface area contributed by atoms with Gasteiger partial charge in [0, 0.05) is 19.1 Å². The number of nitrogens with zero attached hydrogens (tertiary/aromatic N) is 1. The van der Waals surface area contributed by atoms with Gasteiger partial charge in [-0.1, -0.05) is 6.07 Å². The Morgan fingerprint density at radius 3 is 2.95 bits per heavy atom. The first-order valence-corrected chi connectivity index (χ1v) is 8.93. The molecular formula is C12H19N3O3S2. The van der Waals surface area contributed by atoms with Gasteiger partial charge < -0.3 is 10.6 Å². The molecular weight excluding hydrogens is 298 g/mol. The molecule has 1 atom stereocenters. The van der Waals surface area contributed by atoms with Gasteiger partial charge in [-0.05, 0) is 30.7 Å². The summed E-state index contributed by atoms with van der Waals surface area (Å²) in [6, 6.07) is 3.21. The molecule has 1 fully saturated rings. The van der Waals surface area contributed by atoms with Crippen LogP contribution in [-0.4, -0.2) is 44.9 Å². The maximum Gasteiger partial charge on any atom is 0.250 e. The minimum atomic E-state index is -3.59. The summed E-state index contributed by atoms with van der Waals surface area (Å²) < 4.78 is 26.4. The lowest BCUT2D eigenvalue weighted by atomic mass is 10.0. The number of carbonyl (C=O) groups excluding carboxylic acids is 1. The molecule has 1 saturated heterocycles. The second-order valence-electron chi connectivity index (χ2n) is 4.73. The van der Waals surface area contributed by atoms with Gasteiger partial charge in [-0.15, -0.1) is 11.3 Å². The van der Waals surface area contributed by atoms with Crippen molar-refractivity contribution in [2.24, 2.45) is 5.73 Å². The van der Waals surface area contributed by atoms with Crippen molar-refractivity contribution in [3.05, 3.63) is 17.5 Å². The maximum absolute atomic E-state index is 12.1. The normalized spacial score (nSPS) is 20.1. The average molecular weight is 317 g/mol. The summed E-state index contributed by atoms with van der Waals surface area (Å²) in [5, 5.41) is 1.69. The number of hydrogen-bond acceptors (Lipinski definition) is 5. The van der Waals surface area contributed by atoms with E-state index in [0.717, 1.165) is 30.6 Å². The maximum atomic E-state index is 12.1. The Labute approximate surface area is 123 Å². The van der Waals surface area contributed by atoms with Gasteiger partial charge in [0.25, 0.3) is 10.0 Å². The van der Waals surface area contributed by atoms with Crippen molar-refractivity contribution in [1.82, 2.24) is 9.62 Å². The minimum Gasteiger partial charge on any atom is -0.337 e. The summed E-state index contributed by atoms with van der Waals surface area (Å²) >= 11 is 1.13. The molecule has 1 aromatic rings. The zero-order chi connectivity index (χ0) is 14.6. The van der Waals surface area contributed by atoms with Crippen molar-refractivity contribution in [2.45, 2.75) is 29.5 Å². The van der Waals surface area contributed by atoms with Crippen LogP contribution in [0, 0.1) is 0 Å². The van der Waals surface area contributed by atoms with E-state index in [4.69, 9.17) is 5.73 Å². The molecule has 1 aliphatic heterocycles. The third-order valence-electron chi connectivity index (χ3n) is 3.39. The fraction of sp³-hybridized carbons (Fsp3) is 0.583. The molecule has 0 spiro atoms. The highest BCUT2D eigenvalue weighted by Gasteiger charge is 2.26. The third kappa shape index (κ3) is 3.57. The van der Waals surface area contributed by atoms with Crippen molar-refractivity contribution < 1.29 is 13.2 Å². The predicted octanol–water partition coefficient (Wildman–Crippen LogP) is 0.366. The quantitative estimate of drug-likeness (QED) is 0.820. The summed E-state index contributed by atoms with van der Waals surface area (Å²) in [6.07, 6.45) is 2.90. The first kappa shape index (κ1) is 15.4. The Kier molecular flexibility index (Phi) is 5.14. The van der Waals surface area contributed by atoms with Crippen LogP contribution in [-0.2, 0) is 14.8 Å². The molecule has 0 aromatic carbocycles. The minimum absolute atomic E-state index is 0.0301. The predicted molar refractivity (Wildman–Crippen MR) is 77.9 cm³/mol. The molecule has 0 aliphatic carbocycles. The molecule has 6 nitrogen and oxygen atoms in total. The van der Waals surface area contributed by atoms with Gasteiger partial charge in [0.1, 0.15) is 4.21 Å². The molecule has 2 heterocycles. The molecule has 1 aliphatic rings. The van der Waals surface area contributed by atoms with Crippen molar-refractivity contribution in [2.75, 3.05) is 19.6 Å². The van der Waals surface area contributed by atoms with Crippen LogP contribution >= 0.6 is 11.3 Å². The van der Waals surface area contributed by atoms with E-state index in [1.807, 2.05) is 0 Å². The molecule has 8 heteroatoms. The van der Waals surface area contributed by atoms with E-state index < -0.39 is 10.0 Å². The number of likely N-dealkylation sites (tertiary alicyclic amines) is 1. The zero-order valence-corrected chi connectivity index (χ0v) is 12.8. The first-order chi connectivity index (χ1) is 9.54. The Hall–Kier alpha value is -0.960. The highest BCUT2D eigenvalue weighted by atomic mass is 32.2. The first-order valence-electron chi connectivity index (χ1n) is 6.57. The van der Waals surface area contributed by atoms with Gasteiger partial charge in [0.05, 0.1) is 6.54 Å². The molecule has 0 radical (unpaired) electrons. The molecule has 1 amide bonds. The number of piperidine rings is 1. The van der Waals surface area contributed by atoms with E-state index in [-0.39, 0.29) is 22.7 Å². The topological polar surface area (TPSA) is 92.5 Å². The average Bonchev–Trinajstić information content (AvgIpc) is 3.00. The fourth-order valence-corrected chi connectivity index (χ4v) is 4.33. The van der Waals surface area contributed by atoms with Crippen LogP contribution in [0.1, 0.15) is 19.3 Å². The van der Waals surface area contributed by atoms with E-state index in [1.165, 1.54) is 6.07 Å². The van der Waals surface area contributed by atoms with E-state index >= 15 is 0 Å². The molecule has 3 N–H and O–H groups in total. The molecule has 20 heavy (non-hydrogen) atoms. The number of rotatable bonds is 5. The molecule has 0 bridgehead atoms. The number of hydrogen-bond donors (Lipinski definition) is 2. The molecule has 1 aromatic heterocycles. The van der Waals surface area contributed by atoms with Gasteiger partial charge in [-0.25, -0.2) is 13.1 Å². The molecule has 2 rings (SSSR count). The van der Waals surface area contributed by atoms with Crippen molar-refractivity contribution in [3.63, 3.8) is 0 Å². The highest BCUT2D eigenvalue weighted by Crippen LogP contribution is 2.17. The number of sulfonamides is 1. The van der Waals surface area contributed by atoms with Crippen LogP contribution in [0.15, 0.2) is 21.7 Å². The number of nitrogens with one attached hydrogen (secondary N) is 1. The Balaban J connectivity index is 1.95. The van der Waals surface area contributed by atoms with Gasteiger partial charge in [-0.3, -0.25) is 4.79 Å². The Bertz CT molecular complexity index is 542. The largest absolute Gasteiger partial charge is 0.337 e. The smallest absolute Gasteiger partial charge is 0.250 e. The summed E-state index contributed by atoms with van der Waals surface area (Å²) in [6.45, 7) is 0.863. The van der Waals surface area contributed by atoms with Crippen molar-refractivity contribution in [3.8, 4) is 0 Å². The second kappa shape index (κ2) is 6.66. The van der Waals surface area contributed by atoms with E-state index in [2.05, 4.69) is 4.72 Å². The summed E-state index contributed by atoms with van der Waals surface area (Å²) in [7, 11) is -3.59. The van der Waals surface area contributed by atoms with Crippen LogP contribution in [0.3, 0.4) is 0 Å². The third-order valence-corrected chi connectivity index (χ3v) is 6.19. The monoisotopic (exact) mass is 317 g/mol. The molecule has 112 valence electrons. The molecule has 1 unspecified atom stereocenters. The standard InChI is InChI=1S/C12H19N3O3S2/c13-8-10-4-1-2-6-15(10)11(16)9-14-20(17,18)12-5-3-7-19-12/h3,5,7,10,14H,1-2,4,6,8-9,13H2.